The van der Waals surface area contributed by atoms with Crippen LogP contribution in [0.5, 0.6) is 5.75 Å². The van der Waals surface area contributed by atoms with Crippen LogP contribution in [0.25, 0.3) is 5.69 Å². The Hall–Kier alpha value is -2.12. The number of piperidine rings is 1. The summed E-state index contributed by atoms with van der Waals surface area (Å²) >= 11 is 0. The quantitative estimate of drug-likeness (QED) is 0.816. The first-order valence-electron chi connectivity index (χ1n) is 9.19. The predicted molar refractivity (Wildman–Crippen MR) is 107 cm³/mol. The summed E-state index contributed by atoms with van der Waals surface area (Å²) in [5.41, 5.74) is 1.93. The van der Waals surface area contributed by atoms with Crippen LogP contribution >= 0.6 is 12.4 Å². The summed E-state index contributed by atoms with van der Waals surface area (Å²) in [6.07, 6.45) is 2.16. The van der Waals surface area contributed by atoms with Crippen molar-refractivity contribution >= 4 is 18.3 Å². The van der Waals surface area contributed by atoms with E-state index in [1.165, 1.54) is 0 Å². The van der Waals surface area contributed by atoms with Gasteiger partial charge >= 0.3 is 0 Å². The van der Waals surface area contributed by atoms with Gasteiger partial charge in [0.15, 0.2) is 5.69 Å². The number of benzene rings is 1. The van der Waals surface area contributed by atoms with Crippen molar-refractivity contribution in [3.05, 3.63) is 35.7 Å². The molecule has 2 atom stereocenters. The molecule has 148 valence electrons. The van der Waals surface area contributed by atoms with Crippen molar-refractivity contribution in [3.63, 3.8) is 0 Å². The van der Waals surface area contributed by atoms with Crippen LogP contribution in [0, 0.1) is 6.92 Å². The molecule has 0 aliphatic carbocycles. The molecule has 1 fully saturated rings. The fourth-order valence-corrected chi connectivity index (χ4v) is 3.20. The smallest absolute Gasteiger partial charge is 0.274 e. The number of amides is 1. The number of rotatable bonds is 5. The summed E-state index contributed by atoms with van der Waals surface area (Å²) in [5, 5.41) is 14.7. The maximum absolute atomic E-state index is 12.6. The van der Waals surface area contributed by atoms with Crippen molar-refractivity contribution in [3.8, 4) is 11.4 Å². The van der Waals surface area contributed by atoms with Gasteiger partial charge in [0.05, 0.1) is 17.5 Å². The Bertz CT molecular complexity index is 760. The van der Waals surface area contributed by atoms with Gasteiger partial charge in [-0.15, -0.1) is 17.5 Å². The predicted octanol–water partition coefficient (Wildman–Crippen LogP) is 2.66. The number of aromatic nitrogens is 3. The normalized spacial score (nSPS) is 19.4. The lowest BCUT2D eigenvalue weighted by molar-refractivity contribution is 0.0914. The molecule has 1 aliphatic rings. The molecule has 0 radical (unpaired) electrons. The van der Waals surface area contributed by atoms with Gasteiger partial charge in [-0.25, -0.2) is 4.68 Å². The number of carbonyl (C=O) groups is 1. The minimum absolute atomic E-state index is 0. The summed E-state index contributed by atoms with van der Waals surface area (Å²) in [4.78, 5) is 12.6. The van der Waals surface area contributed by atoms with E-state index in [1.807, 2.05) is 45.0 Å². The molecule has 27 heavy (non-hydrogen) atoms. The Labute approximate surface area is 166 Å². The molecule has 1 aromatic heterocycles. The average molecular weight is 394 g/mol. The molecule has 2 heterocycles. The van der Waals surface area contributed by atoms with E-state index >= 15 is 0 Å². The Balaban J connectivity index is 0.00000261. The molecule has 1 saturated heterocycles. The van der Waals surface area contributed by atoms with Gasteiger partial charge in [-0.1, -0.05) is 5.21 Å². The third-order valence-corrected chi connectivity index (χ3v) is 4.64. The van der Waals surface area contributed by atoms with E-state index in [-0.39, 0.29) is 36.5 Å². The first kappa shape index (κ1) is 21.2. The van der Waals surface area contributed by atoms with Crippen LogP contribution in [0.15, 0.2) is 24.3 Å². The van der Waals surface area contributed by atoms with Crippen molar-refractivity contribution in [1.29, 1.82) is 0 Å². The topological polar surface area (TPSA) is 81.1 Å². The monoisotopic (exact) mass is 393 g/mol. The van der Waals surface area contributed by atoms with Gasteiger partial charge in [0.1, 0.15) is 5.75 Å². The molecule has 2 aromatic rings. The molecule has 1 aromatic carbocycles. The van der Waals surface area contributed by atoms with Crippen LogP contribution in [-0.2, 0) is 0 Å². The number of nitrogens with zero attached hydrogens (tertiary/aromatic N) is 3. The highest BCUT2D eigenvalue weighted by Crippen LogP contribution is 2.18. The van der Waals surface area contributed by atoms with Crippen molar-refractivity contribution in [2.45, 2.75) is 58.7 Å². The fourth-order valence-electron chi connectivity index (χ4n) is 3.20. The lowest BCUT2D eigenvalue weighted by atomic mass is 10.00. The Morgan fingerprint density at radius 1 is 1.33 bits per heavy atom. The number of carbonyl (C=O) groups excluding carboxylic acids is 1. The van der Waals surface area contributed by atoms with Crippen LogP contribution in [-0.4, -0.2) is 45.6 Å². The second-order valence-corrected chi connectivity index (χ2v) is 7.06. The zero-order chi connectivity index (χ0) is 18.7. The van der Waals surface area contributed by atoms with Gasteiger partial charge in [0.2, 0.25) is 0 Å². The number of halogens is 1. The molecule has 1 amide bonds. The summed E-state index contributed by atoms with van der Waals surface area (Å²) in [6, 6.07) is 7.99. The van der Waals surface area contributed by atoms with Crippen molar-refractivity contribution in [1.82, 2.24) is 25.6 Å². The Morgan fingerprint density at radius 3 is 2.67 bits per heavy atom. The highest BCUT2D eigenvalue weighted by Gasteiger charge is 2.25. The summed E-state index contributed by atoms with van der Waals surface area (Å²) < 4.78 is 7.34. The fraction of sp³-hybridized carbons (Fsp3) is 0.526. The van der Waals surface area contributed by atoms with Crippen molar-refractivity contribution < 1.29 is 9.53 Å². The lowest BCUT2D eigenvalue weighted by Gasteiger charge is -2.30. The van der Waals surface area contributed by atoms with Gasteiger partial charge < -0.3 is 15.4 Å². The van der Waals surface area contributed by atoms with Crippen LogP contribution in [0.1, 0.15) is 49.8 Å². The van der Waals surface area contributed by atoms with Gasteiger partial charge in [-0.3, -0.25) is 4.79 Å². The molecule has 0 bridgehead atoms. The van der Waals surface area contributed by atoms with E-state index in [0.29, 0.717) is 5.69 Å². The van der Waals surface area contributed by atoms with E-state index in [0.717, 1.165) is 36.5 Å². The van der Waals surface area contributed by atoms with E-state index in [9.17, 15) is 4.79 Å². The van der Waals surface area contributed by atoms with Crippen LogP contribution < -0.4 is 15.4 Å². The molecule has 2 unspecified atom stereocenters. The van der Waals surface area contributed by atoms with E-state index in [1.54, 1.807) is 4.68 Å². The second-order valence-electron chi connectivity index (χ2n) is 7.06. The van der Waals surface area contributed by atoms with Crippen LogP contribution in [0.3, 0.4) is 0 Å². The van der Waals surface area contributed by atoms with Gasteiger partial charge in [-0.05, 0) is 71.3 Å². The molecule has 2 N–H and O–H groups in total. The Morgan fingerprint density at radius 2 is 2.04 bits per heavy atom. The first-order chi connectivity index (χ1) is 12.5. The van der Waals surface area contributed by atoms with Crippen LogP contribution in [0.2, 0.25) is 0 Å². The number of hydrogen-bond donors (Lipinski definition) is 2. The van der Waals surface area contributed by atoms with E-state index in [2.05, 4.69) is 27.9 Å². The first-order valence-corrected chi connectivity index (χ1v) is 9.19. The largest absolute Gasteiger partial charge is 0.491 e. The maximum Gasteiger partial charge on any atom is 0.274 e. The third-order valence-electron chi connectivity index (χ3n) is 4.64. The van der Waals surface area contributed by atoms with E-state index in [4.69, 9.17) is 4.74 Å². The van der Waals surface area contributed by atoms with Crippen LogP contribution in [0.4, 0.5) is 0 Å². The zero-order valence-corrected chi connectivity index (χ0v) is 17.0. The summed E-state index contributed by atoms with van der Waals surface area (Å²) in [6.45, 7) is 8.93. The van der Waals surface area contributed by atoms with E-state index < -0.39 is 0 Å². The van der Waals surface area contributed by atoms with Gasteiger partial charge in [-0.2, -0.15) is 0 Å². The molecule has 1 aliphatic heterocycles. The molecule has 0 spiro atoms. The Kier molecular flexibility index (Phi) is 7.21. The van der Waals surface area contributed by atoms with Crippen molar-refractivity contribution in [2.24, 2.45) is 0 Å². The summed E-state index contributed by atoms with van der Waals surface area (Å²) in [5.74, 6) is 0.632. The average Bonchev–Trinajstić information content (AvgIpc) is 2.99. The molecule has 0 saturated carbocycles. The minimum atomic E-state index is -0.172. The molecule has 3 rings (SSSR count). The number of hydrogen-bond acceptors (Lipinski definition) is 5. The lowest BCUT2D eigenvalue weighted by Crippen LogP contribution is -2.52. The summed E-state index contributed by atoms with van der Waals surface area (Å²) in [7, 11) is 0. The van der Waals surface area contributed by atoms with Crippen molar-refractivity contribution in [2.75, 3.05) is 6.54 Å². The SMILES string of the molecule is Cc1c(C(=O)NC2CCCNC2C)nnn1-c1ccc(OC(C)C)cc1.Cl. The maximum atomic E-state index is 12.6. The highest BCUT2D eigenvalue weighted by atomic mass is 35.5. The number of ether oxygens (including phenoxy) is 1. The molecule has 7 nitrogen and oxygen atoms in total. The molecule has 8 heteroatoms. The second kappa shape index (κ2) is 9.19. The number of nitrogens with one attached hydrogen (secondary N) is 2. The zero-order valence-electron chi connectivity index (χ0n) is 16.2. The highest BCUT2D eigenvalue weighted by molar-refractivity contribution is 5.93. The molecular weight excluding hydrogens is 366 g/mol. The molecular formula is C19H28ClN5O2. The van der Waals surface area contributed by atoms with Gasteiger partial charge in [0.25, 0.3) is 5.91 Å². The minimum Gasteiger partial charge on any atom is -0.491 e. The van der Waals surface area contributed by atoms with Gasteiger partial charge in [0, 0.05) is 12.1 Å². The standard InChI is InChI=1S/C19H27N5O2.ClH/c1-12(2)26-16-9-7-15(8-10-16)24-14(4)18(22-23-24)19(25)21-17-6-5-11-20-13(17)3;/h7-10,12-13,17,20H,5-6,11H2,1-4H3,(H,21,25);1H. The third kappa shape index (κ3) is 4.99.